The van der Waals surface area contributed by atoms with E-state index < -0.39 is 11.7 Å². The molecule has 0 radical (unpaired) electrons. The molecule has 0 aliphatic rings. The van der Waals surface area contributed by atoms with Crippen molar-refractivity contribution in [1.29, 1.82) is 0 Å². The van der Waals surface area contributed by atoms with Gasteiger partial charge < -0.3 is 14.5 Å². The van der Waals surface area contributed by atoms with E-state index in [1.807, 2.05) is 0 Å². The van der Waals surface area contributed by atoms with Gasteiger partial charge in [0, 0.05) is 18.3 Å². The van der Waals surface area contributed by atoms with Crippen LogP contribution in [0.15, 0.2) is 51.7 Å². The van der Waals surface area contributed by atoms with Gasteiger partial charge in [0.1, 0.15) is 0 Å². The van der Waals surface area contributed by atoms with E-state index in [-0.39, 0.29) is 5.91 Å². The van der Waals surface area contributed by atoms with Crippen LogP contribution in [0.2, 0.25) is 0 Å². The van der Waals surface area contributed by atoms with E-state index in [1.54, 1.807) is 49.5 Å². The second kappa shape index (κ2) is 6.04. The summed E-state index contributed by atoms with van der Waals surface area (Å²) in [6, 6.07) is 11.1. The Morgan fingerprint density at radius 3 is 2.42 bits per heavy atom. The van der Waals surface area contributed by atoms with Gasteiger partial charge in [-0.1, -0.05) is 0 Å². The number of ether oxygens (including phenoxy) is 1. The number of esters is 1. The summed E-state index contributed by atoms with van der Waals surface area (Å²) in [6.45, 7) is 0. The van der Waals surface area contributed by atoms with Gasteiger partial charge >= 0.3 is 11.7 Å². The lowest BCUT2D eigenvalue weighted by Gasteiger charge is -2.06. The van der Waals surface area contributed by atoms with Crippen LogP contribution in [0.4, 0.5) is 5.69 Å². The van der Waals surface area contributed by atoms with E-state index in [1.165, 1.54) is 11.7 Å². The number of amides is 1. The molecule has 1 N–H and O–H groups in total. The van der Waals surface area contributed by atoms with Gasteiger partial charge in [-0.2, -0.15) is 0 Å². The van der Waals surface area contributed by atoms with Crippen molar-refractivity contribution < 1.29 is 18.7 Å². The quantitative estimate of drug-likeness (QED) is 0.745. The number of fused-ring (bicyclic) bond motifs is 1. The summed E-state index contributed by atoms with van der Waals surface area (Å²) in [5.74, 6) is -1.27. The number of carbonyl (C=O) groups is 2. The van der Waals surface area contributed by atoms with E-state index in [0.29, 0.717) is 27.9 Å². The molecular formula is C17H14N2O5. The highest BCUT2D eigenvalue weighted by molar-refractivity contribution is 6.06. The van der Waals surface area contributed by atoms with Crippen LogP contribution in [0.25, 0.3) is 11.1 Å². The maximum Gasteiger partial charge on any atom is 0.419 e. The summed E-state index contributed by atoms with van der Waals surface area (Å²) in [7, 11) is 2.87. The Morgan fingerprint density at radius 1 is 1.08 bits per heavy atom. The minimum atomic E-state index is -0.485. The third-order valence-electron chi connectivity index (χ3n) is 3.62. The van der Waals surface area contributed by atoms with E-state index in [0.717, 1.165) is 0 Å². The molecule has 122 valence electrons. The highest BCUT2D eigenvalue weighted by atomic mass is 16.5. The van der Waals surface area contributed by atoms with Crippen molar-refractivity contribution in [2.24, 2.45) is 7.05 Å². The van der Waals surface area contributed by atoms with E-state index >= 15 is 0 Å². The molecule has 0 unspecified atom stereocenters. The topological polar surface area (TPSA) is 90.5 Å². The Kier molecular flexibility index (Phi) is 3.91. The molecule has 0 spiro atoms. The Hall–Kier alpha value is -3.35. The molecule has 0 bridgehead atoms. The van der Waals surface area contributed by atoms with E-state index in [9.17, 15) is 14.4 Å². The molecule has 3 rings (SSSR count). The fourth-order valence-corrected chi connectivity index (χ4v) is 2.28. The number of nitrogens with one attached hydrogen (secondary N) is 1. The fraction of sp³-hybridized carbons (Fsp3) is 0.118. The average Bonchev–Trinajstić information content (AvgIpc) is 2.88. The van der Waals surface area contributed by atoms with Crippen LogP contribution in [-0.2, 0) is 11.8 Å². The number of rotatable bonds is 3. The van der Waals surface area contributed by atoms with Crippen LogP contribution in [0.1, 0.15) is 20.7 Å². The van der Waals surface area contributed by atoms with Crippen molar-refractivity contribution in [1.82, 2.24) is 4.57 Å². The first-order valence-corrected chi connectivity index (χ1v) is 7.09. The summed E-state index contributed by atoms with van der Waals surface area (Å²) in [6.07, 6.45) is 0. The molecule has 0 saturated carbocycles. The first kappa shape index (κ1) is 15.5. The molecule has 7 heteroatoms. The van der Waals surface area contributed by atoms with Crippen molar-refractivity contribution in [3.8, 4) is 0 Å². The first-order chi connectivity index (χ1) is 11.5. The number of carbonyl (C=O) groups excluding carboxylic acids is 2. The van der Waals surface area contributed by atoms with Gasteiger partial charge in [-0.15, -0.1) is 0 Å². The predicted molar refractivity (Wildman–Crippen MR) is 87.2 cm³/mol. The molecule has 24 heavy (non-hydrogen) atoms. The standard InChI is InChI=1S/C17H14N2O5/c1-19-13-9-11(5-8-14(13)24-17(19)22)15(20)18-12-6-3-10(4-7-12)16(21)23-2/h3-9H,1-2H3,(H,18,20). The van der Waals surface area contributed by atoms with Gasteiger partial charge in [-0.3, -0.25) is 9.36 Å². The SMILES string of the molecule is COC(=O)c1ccc(NC(=O)c2ccc3oc(=O)n(C)c3c2)cc1. The fourth-order valence-electron chi connectivity index (χ4n) is 2.28. The lowest BCUT2D eigenvalue weighted by atomic mass is 10.1. The maximum absolute atomic E-state index is 12.3. The van der Waals surface area contributed by atoms with Crippen molar-refractivity contribution >= 4 is 28.7 Å². The molecule has 0 saturated heterocycles. The zero-order valence-electron chi connectivity index (χ0n) is 13.0. The average molecular weight is 326 g/mol. The lowest BCUT2D eigenvalue weighted by molar-refractivity contribution is 0.0600. The Bertz CT molecular complexity index is 982. The van der Waals surface area contributed by atoms with Crippen LogP contribution in [0.5, 0.6) is 0 Å². The summed E-state index contributed by atoms with van der Waals surface area (Å²) in [5, 5.41) is 2.72. The highest BCUT2D eigenvalue weighted by Gasteiger charge is 2.12. The number of nitrogens with zero attached hydrogens (tertiary/aromatic N) is 1. The molecule has 1 amide bonds. The molecule has 0 aliphatic carbocycles. The lowest BCUT2D eigenvalue weighted by Crippen LogP contribution is -2.13. The number of benzene rings is 2. The van der Waals surface area contributed by atoms with Crippen molar-refractivity contribution in [3.63, 3.8) is 0 Å². The molecule has 0 fully saturated rings. The molecular weight excluding hydrogens is 312 g/mol. The molecule has 1 aromatic heterocycles. The number of aromatic nitrogens is 1. The van der Waals surface area contributed by atoms with Crippen LogP contribution in [0.3, 0.4) is 0 Å². The molecule has 1 heterocycles. The largest absolute Gasteiger partial charge is 0.465 e. The first-order valence-electron chi connectivity index (χ1n) is 7.09. The second-order valence-electron chi connectivity index (χ2n) is 5.13. The Balaban J connectivity index is 1.83. The van der Waals surface area contributed by atoms with Crippen molar-refractivity contribution in [2.45, 2.75) is 0 Å². The maximum atomic E-state index is 12.3. The number of methoxy groups -OCH3 is 1. The molecule has 0 aliphatic heterocycles. The van der Waals surface area contributed by atoms with Gasteiger partial charge in [-0.25, -0.2) is 9.59 Å². The molecule has 7 nitrogen and oxygen atoms in total. The summed E-state index contributed by atoms with van der Waals surface area (Å²) >= 11 is 0. The third kappa shape index (κ3) is 2.79. The molecule has 0 atom stereocenters. The summed E-state index contributed by atoms with van der Waals surface area (Å²) < 4.78 is 11.0. The molecule has 2 aromatic carbocycles. The number of oxazole rings is 1. The zero-order chi connectivity index (χ0) is 17.3. The van der Waals surface area contributed by atoms with Gasteiger partial charge in [0.25, 0.3) is 5.91 Å². The van der Waals surface area contributed by atoms with Crippen LogP contribution in [0, 0.1) is 0 Å². The monoisotopic (exact) mass is 326 g/mol. The highest BCUT2D eigenvalue weighted by Crippen LogP contribution is 2.16. The smallest absolute Gasteiger partial charge is 0.419 e. The zero-order valence-corrected chi connectivity index (χ0v) is 13.0. The third-order valence-corrected chi connectivity index (χ3v) is 3.62. The Morgan fingerprint density at radius 2 is 1.75 bits per heavy atom. The number of hydrogen-bond donors (Lipinski definition) is 1. The Labute approximate surface area is 136 Å². The number of aryl methyl sites for hydroxylation is 1. The summed E-state index contributed by atoms with van der Waals surface area (Å²) in [5.41, 5.74) is 2.27. The second-order valence-corrected chi connectivity index (χ2v) is 5.13. The van der Waals surface area contributed by atoms with Gasteiger partial charge in [0.2, 0.25) is 0 Å². The normalized spacial score (nSPS) is 10.6. The van der Waals surface area contributed by atoms with Crippen molar-refractivity contribution in [2.75, 3.05) is 12.4 Å². The van der Waals surface area contributed by atoms with Crippen LogP contribution < -0.4 is 11.1 Å². The van der Waals surface area contributed by atoms with Crippen LogP contribution >= 0.6 is 0 Å². The van der Waals surface area contributed by atoms with Crippen LogP contribution in [-0.4, -0.2) is 23.6 Å². The number of anilines is 1. The van der Waals surface area contributed by atoms with Gasteiger partial charge in [0.05, 0.1) is 18.2 Å². The predicted octanol–water partition coefficient (Wildman–Crippen LogP) is 2.17. The van der Waals surface area contributed by atoms with E-state index in [4.69, 9.17) is 4.42 Å². The van der Waals surface area contributed by atoms with Crippen molar-refractivity contribution in [3.05, 3.63) is 64.1 Å². The molecule has 3 aromatic rings. The van der Waals surface area contributed by atoms with E-state index in [2.05, 4.69) is 10.1 Å². The summed E-state index contributed by atoms with van der Waals surface area (Å²) in [4.78, 5) is 35.2. The van der Waals surface area contributed by atoms with Gasteiger partial charge in [-0.05, 0) is 42.5 Å². The van der Waals surface area contributed by atoms with Gasteiger partial charge in [0.15, 0.2) is 5.58 Å². The minimum absolute atomic E-state index is 0.337. The minimum Gasteiger partial charge on any atom is -0.465 e. The number of hydrogen-bond acceptors (Lipinski definition) is 5.